The van der Waals surface area contributed by atoms with Crippen molar-refractivity contribution in [1.29, 1.82) is 0 Å². The summed E-state index contributed by atoms with van der Waals surface area (Å²) in [4.78, 5) is 27.1. The molecule has 0 unspecified atom stereocenters. The zero-order valence-electron chi connectivity index (χ0n) is 14.1. The fourth-order valence-corrected chi connectivity index (χ4v) is 2.70. The lowest BCUT2D eigenvalue weighted by Crippen LogP contribution is -2.15. The Kier molecular flexibility index (Phi) is 4.49. The molecule has 7 nitrogen and oxygen atoms in total. The highest BCUT2D eigenvalue weighted by Gasteiger charge is 2.22. The van der Waals surface area contributed by atoms with Crippen LogP contribution in [0.4, 0.5) is 15.8 Å². The van der Waals surface area contributed by atoms with E-state index < -0.39 is 16.6 Å². The number of anilines is 1. The monoisotopic (exact) mass is 354 g/mol. The molecule has 2 aromatic carbocycles. The highest BCUT2D eigenvalue weighted by Crippen LogP contribution is 2.25. The van der Waals surface area contributed by atoms with E-state index in [1.54, 1.807) is 42.9 Å². The summed E-state index contributed by atoms with van der Waals surface area (Å²) in [6.45, 7) is 3.29. The molecule has 0 aliphatic rings. The number of nitro groups is 1. The predicted molar refractivity (Wildman–Crippen MR) is 94.0 cm³/mol. The van der Waals surface area contributed by atoms with E-state index >= 15 is 0 Å². The van der Waals surface area contributed by atoms with Crippen molar-refractivity contribution in [2.24, 2.45) is 0 Å². The van der Waals surface area contributed by atoms with Gasteiger partial charge < -0.3 is 9.88 Å². The number of aryl methyl sites for hydroxylation is 2. The first-order valence-electron chi connectivity index (χ1n) is 7.73. The number of nitrogens with one attached hydrogen (secondary N) is 1. The van der Waals surface area contributed by atoms with E-state index in [0.29, 0.717) is 17.1 Å². The molecule has 1 heterocycles. The summed E-state index contributed by atoms with van der Waals surface area (Å²) in [6, 6.07) is 8.66. The fourth-order valence-electron chi connectivity index (χ4n) is 2.70. The van der Waals surface area contributed by atoms with Gasteiger partial charge in [-0.2, -0.15) is 0 Å². The molecule has 0 aliphatic heterocycles. The maximum absolute atomic E-state index is 14.4. The lowest BCUT2D eigenvalue weighted by atomic mass is 10.1. The Bertz CT molecular complexity index is 1010. The SMILES string of the molecule is Cc1cccc(C(=O)Nc2ccc(-n3ccnc3C)c(F)c2)c1[N+](=O)[O-]. The summed E-state index contributed by atoms with van der Waals surface area (Å²) < 4.78 is 16.0. The Hall–Kier alpha value is -3.55. The highest BCUT2D eigenvalue weighted by atomic mass is 19.1. The van der Waals surface area contributed by atoms with E-state index in [1.165, 1.54) is 18.2 Å². The van der Waals surface area contributed by atoms with Crippen molar-refractivity contribution in [1.82, 2.24) is 9.55 Å². The molecular formula is C18H15FN4O3. The van der Waals surface area contributed by atoms with Crippen LogP contribution in [0.25, 0.3) is 5.69 Å². The van der Waals surface area contributed by atoms with Crippen LogP contribution in [0.15, 0.2) is 48.8 Å². The number of hydrogen-bond donors (Lipinski definition) is 1. The molecule has 8 heteroatoms. The second-order valence-electron chi connectivity index (χ2n) is 5.69. The molecule has 0 saturated heterocycles. The first-order chi connectivity index (χ1) is 12.4. The number of aromatic nitrogens is 2. The quantitative estimate of drug-likeness (QED) is 0.570. The maximum Gasteiger partial charge on any atom is 0.285 e. The summed E-state index contributed by atoms with van der Waals surface area (Å²) in [6.07, 6.45) is 3.18. The minimum Gasteiger partial charge on any atom is -0.322 e. The van der Waals surface area contributed by atoms with E-state index in [2.05, 4.69) is 10.3 Å². The van der Waals surface area contributed by atoms with E-state index in [0.717, 1.165) is 6.07 Å². The van der Waals surface area contributed by atoms with Crippen LogP contribution < -0.4 is 5.32 Å². The molecule has 0 fully saturated rings. The number of carbonyl (C=O) groups is 1. The average molecular weight is 354 g/mol. The molecular weight excluding hydrogens is 339 g/mol. The minimum atomic E-state index is -0.675. The topological polar surface area (TPSA) is 90.1 Å². The normalized spacial score (nSPS) is 10.6. The van der Waals surface area contributed by atoms with Crippen molar-refractivity contribution in [3.8, 4) is 5.69 Å². The smallest absolute Gasteiger partial charge is 0.285 e. The number of carbonyl (C=O) groups excluding carboxylic acids is 1. The Balaban J connectivity index is 1.90. The molecule has 0 saturated carbocycles. The number of imidazole rings is 1. The van der Waals surface area contributed by atoms with Gasteiger partial charge in [-0.05, 0) is 38.1 Å². The van der Waals surface area contributed by atoms with Crippen LogP contribution in [0.2, 0.25) is 0 Å². The first kappa shape index (κ1) is 17.3. The number of hydrogen-bond acceptors (Lipinski definition) is 4. The van der Waals surface area contributed by atoms with Gasteiger partial charge in [0.2, 0.25) is 0 Å². The number of nitrogens with zero attached hydrogens (tertiary/aromatic N) is 3. The first-order valence-corrected chi connectivity index (χ1v) is 7.73. The van der Waals surface area contributed by atoms with Crippen LogP contribution >= 0.6 is 0 Å². The predicted octanol–water partition coefficient (Wildman–Crippen LogP) is 3.79. The van der Waals surface area contributed by atoms with Crippen LogP contribution in [0.3, 0.4) is 0 Å². The number of halogens is 1. The van der Waals surface area contributed by atoms with Gasteiger partial charge in [0.15, 0.2) is 0 Å². The number of nitro benzene ring substituents is 1. The van der Waals surface area contributed by atoms with Gasteiger partial charge >= 0.3 is 0 Å². The third-order valence-corrected chi connectivity index (χ3v) is 3.96. The van der Waals surface area contributed by atoms with E-state index in [4.69, 9.17) is 0 Å². The molecule has 26 heavy (non-hydrogen) atoms. The number of rotatable bonds is 4. The lowest BCUT2D eigenvalue weighted by Gasteiger charge is -2.10. The third-order valence-electron chi connectivity index (χ3n) is 3.96. The Labute approximate surface area is 148 Å². The fraction of sp³-hybridized carbons (Fsp3) is 0.111. The van der Waals surface area contributed by atoms with Crippen molar-refractivity contribution >= 4 is 17.3 Å². The second kappa shape index (κ2) is 6.75. The minimum absolute atomic E-state index is 0.0788. The van der Waals surface area contributed by atoms with Crippen LogP contribution in [0.5, 0.6) is 0 Å². The molecule has 0 atom stereocenters. The summed E-state index contributed by atoms with van der Waals surface area (Å²) in [7, 11) is 0. The summed E-state index contributed by atoms with van der Waals surface area (Å²) in [5.41, 5.74) is 0.519. The summed E-state index contributed by atoms with van der Waals surface area (Å²) in [5.74, 6) is -0.606. The zero-order chi connectivity index (χ0) is 18.8. The third kappa shape index (κ3) is 3.16. The van der Waals surface area contributed by atoms with Gasteiger partial charge in [0, 0.05) is 23.6 Å². The maximum atomic E-state index is 14.4. The molecule has 0 spiro atoms. The second-order valence-corrected chi connectivity index (χ2v) is 5.69. The Morgan fingerprint density at radius 3 is 2.65 bits per heavy atom. The zero-order valence-corrected chi connectivity index (χ0v) is 14.1. The number of para-hydroxylation sites is 1. The summed E-state index contributed by atoms with van der Waals surface area (Å²) >= 11 is 0. The molecule has 0 bridgehead atoms. The van der Waals surface area contributed by atoms with E-state index in [-0.39, 0.29) is 16.9 Å². The number of benzene rings is 2. The largest absolute Gasteiger partial charge is 0.322 e. The van der Waals surface area contributed by atoms with Crippen LogP contribution in [-0.2, 0) is 0 Å². The van der Waals surface area contributed by atoms with Crippen LogP contribution in [-0.4, -0.2) is 20.4 Å². The van der Waals surface area contributed by atoms with Gasteiger partial charge in [-0.15, -0.1) is 0 Å². The van der Waals surface area contributed by atoms with Crippen molar-refractivity contribution in [2.75, 3.05) is 5.32 Å². The van der Waals surface area contributed by atoms with Gasteiger partial charge in [-0.1, -0.05) is 12.1 Å². The molecule has 3 aromatic rings. The molecule has 0 aliphatic carbocycles. The van der Waals surface area contributed by atoms with Gasteiger partial charge in [-0.25, -0.2) is 9.37 Å². The Morgan fingerprint density at radius 2 is 2.04 bits per heavy atom. The van der Waals surface area contributed by atoms with Gasteiger partial charge in [0.1, 0.15) is 17.2 Å². The van der Waals surface area contributed by atoms with Gasteiger partial charge in [0.05, 0.1) is 10.6 Å². The molecule has 1 aromatic heterocycles. The van der Waals surface area contributed by atoms with E-state index in [9.17, 15) is 19.3 Å². The van der Waals surface area contributed by atoms with Gasteiger partial charge in [0.25, 0.3) is 11.6 Å². The molecule has 3 rings (SSSR count). The molecule has 132 valence electrons. The standard InChI is InChI=1S/C18H15FN4O3/c1-11-4-3-5-14(17(11)23(25)26)18(24)21-13-6-7-16(15(19)10-13)22-9-8-20-12(22)2/h3-10H,1-2H3,(H,21,24). The van der Waals surface area contributed by atoms with Gasteiger partial charge in [-0.3, -0.25) is 14.9 Å². The average Bonchev–Trinajstić information content (AvgIpc) is 3.00. The number of amides is 1. The Morgan fingerprint density at radius 1 is 1.27 bits per heavy atom. The molecule has 1 N–H and O–H groups in total. The summed E-state index contributed by atoms with van der Waals surface area (Å²) in [5, 5.41) is 13.7. The van der Waals surface area contributed by atoms with E-state index in [1.807, 2.05) is 0 Å². The van der Waals surface area contributed by atoms with Crippen LogP contribution in [0.1, 0.15) is 21.7 Å². The lowest BCUT2D eigenvalue weighted by molar-refractivity contribution is -0.385. The highest BCUT2D eigenvalue weighted by molar-refractivity contribution is 6.07. The van der Waals surface area contributed by atoms with Crippen molar-refractivity contribution in [3.05, 3.63) is 81.7 Å². The van der Waals surface area contributed by atoms with Crippen molar-refractivity contribution in [3.63, 3.8) is 0 Å². The van der Waals surface area contributed by atoms with Crippen molar-refractivity contribution in [2.45, 2.75) is 13.8 Å². The van der Waals surface area contributed by atoms with Crippen LogP contribution in [0, 0.1) is 29.8 Å². The molecule has 0 radical (unpaired) electrons. The van der Waals surface area contributed by atoms with Crippen molar-refractivity contribution < 1.29 is 14.1 Å². The molecule has 1 amide bonds.